The zero-order valence-corrected chi connectivity index (χ0v) is 16.5. The maximum atomic E-state index is 13.3. The molecule has 4 N–H and O–H groups in total. The maximum absolute atomic E-state index is 13.3. The van der Waals surface area contributed by atoms with Crippen molar-refractivity contribution in [1.29, 1.82) is 0 Å². The van der Waals surface area contributed by atoms with Crippen LogP contribution in [0.4, 0.5) is 36.4 Å². The van der Waals surface area contributed by atoms with Gasteiger partial charge in [-0.05, 0) is 31.4 Å². The van der Waals surface area contributed by atoms with E-state index in [0.717, 1.165) is 44.5 Å². The summed E-state index contributed by atoms with van der Waals surface area (Å²) < 4.78 is 39.8. The van der Waals surface area contributed by atoms with Gasteiger partial charge in [-0.15, -0.1) is 0 Å². The molecule has 0 spiro atoms. The Kier molecular flexibility index (Phi) is 5.42. The highest BCUT2D eigenvalue weighted by Gasteiger charge is 2.37. The summed E-state index contributed by atoms with van der Waals surface area (Å²) >= 11 is 0. The van der Waals surface area contributed by atoms with E-state index in [4.69, 9.17) is 5.73 Å². The molecule has 0 aliphatic carbocycles. The lowest BCUT2D eigenvalue weighted by Gasteiger charge is -2.30. The minimum Gasteiger partial charge on any atom is -0.383 e. The number of benzene rings is 1. The quantitative estimate of drug-likeness (QED) is 0.684. The van der Waals surface area contributed by atoms with Crippen molar-refractivity contribution in [3.63, 3.8) is 0 Å². The lowest BCUT2D eigenvalue weighted by atomic mass is 9.91. The predicted octanol–water partition coefficient (Wildman–Crippen LogP) is 3.13. The highest BCUT2D eigenvalue weighted by molar-refractivity contribution is 6.05. The number of para-hydroxylation sites is 1. The van der Waals surface area contributed by atoms with Crippen molar-refractivity contribution < 1.29 is 22.8 Å². The maximum Gasteiger partial charge on any atom is 0.418 e. The van der Waals surface area contributed by atoms with Crippen molar-refractivity contribution >= 4 is 35.1 Å². The van der Waals surface area contributed by atoms with E-state index in [1.165, 1.54) is 12.1 Å². The van der Waals surface area contributed by atoms with Crippen LogP contribution in [0.3, 0.4) is 0 Å². The van der Waals surface area contributed by atoms with Gasteiger partial charge in [0.05, 0.1) is 22.7 Å². The molecule has 0 radical (unpaired) electrons. The van der Waals surface area contributed by atoms with Gasteiger partial charge >= 0.3 is 6.18 Å². The van der Waals surface area contributed by atoms with Gasteiger partial charge in [0.2, 0.25) is 17.8 Å². The number of halogens is 3. The lowest BCUT2D eigenvalue weighted by Crippen LogP contribution is -2.35. The second-order valence-corrected chi connectivity index (χ2v) is 7.56. The van der Waals surface area contributed by atoms with E-state index in [2.05, 4.69) is 20.6 Å². The second kappa shape index (κ2) is 8.05. The minimum absolute atomic E-state index is 0.0230. The van der Waals surface area contributed by atoms with Gasteiger partial charge in [-0.3, -0.25) is 9.59 Å². The van der Waals surface area contributed by atoms with Gasteiger partial charge in [0.25, 0.3) is 0 Å². The molecule has 2 aliphatic rings. The van der Waals surface area contributed by atoms with Gasteiger partial charge in [-0.1, -0.05) is 12.1 Å². The molecule has 8 nitrogen and oxygen atoms in total. The summed E-state index contributed by atoms with van der Waals surface area (Å²) in [6.45, 7) is 1.51. The van der Waals surface area contributed by atoms with Crippen molar-refractivity contribution in [3.8, 4) is 0 Å². The number of carbonyl (C=O) groups is 2. The molecule has 164 valence electrons. The molecule has 1 atom stereocenters. The van der Waals surface area contributed by atoms with Crippen LogP contribution in [-0.4, -0.2) is 34.9 Å². The van der Waals surface area contributed by atoms with E-state index in [0.29, 0.717) is 5.95 Å². The van der Waals surface area contributed by atoms with Crippen LogP contribution in [0.2, 0.25) is 0 Å². The van der Waals surface area contributed by atoms with Crippen LogP contribution in [0.1, 0.15) is 42.7 Å². The average molecular weight is 434 g/mol. The molecule has 2 amide bonds. The number of fused-ring (bicyclic) bond motifs is 1. The number of nitrogens with zero attached hydrogens (tertiary/aromatic N) is 3. The van der Waals surface area contributed by atoms with E-state index < -0.39 is 35.2 Å². The van der Waals surface area contributed by atoms with Crippen LogP contribution in [0, 0.1) is 0 Å². The Hall–Kier alpha value is -3.37. The van der Waals surface area contributed by atoms with E-state index in [1.807, 2.05) is 4.90 Å². The summed E-state index contributed by atoms with van der Waals surface area (Å²) in [5, 5.41) is 4.90. The summed E-state index contributed by atoms with van der Waals surface area (Å²) in [6, 6.07) is 4.65. The van der Waals surface area contributed by atoms with Crippen LogP contribution in [0.15, 0.2) is 24.3 Å². The number of amides is 2. The number of hydrogen-bond donors (Lipinski definition) is 3. The summed E-state index contributed by atoms with van der Waals surface area (Å²) in [6.07, 6.45) is -1.84. The van der Waals surface area contributed by atoms with E-state index in [-0.39, 0.29) is 23.6 Å². The predicted molar refractivity (Wildman–Crippen MR) is 109 cm³/mol. The number of rotatable bonds is 3. The second-order valence-electron chi connectivity index (χ2n) is 7.56. The molecule has 3 heterocycles. The van der Waals surface area contributed by atoms with Crippen molar-refractivity contribution in [3.05, 3.63) is 35.4 Å². The zero-order valence-electron chi connectivity index (χ0n) is 16.5. The molecule has 1 aromatic carbocycles. The molecule has 1 fully saturated rings. The first-order valence-electron chi connectivity index (χ1n) is 9.93. The number of piperidine rings is 1. The summed E-state index contributed by atoms with van der Waals surface area (Å²) in [5.74, 6) is -1.86. The van der Waals surface area contributed by atoms with Crippen LogP contribution < -0.4 is 21.3 Å². The van der Waals surface area contributed by atoms with Crippen molar-refractivity contribution in [2.24, 2.45) is 0 Å². The number of nitrogens with two attached hydrogens (primary N) is 1. The molecule has 11 heteroatoms. The molecule has 31 heavy (non-hydrogen) atoms. The third-order valence-electron chi connectivity index (χ3n) is 5.40. The normalized spacial score (nSPS) is 18.9. The number of anilines is 4. The number of alkyl halides is 3. The average Bonchev–Trinajstić information content (AvgIpc) is 2.73. The Bertz CT molecular complexity index is 1020. The van der Waals surface area contributed by atoms with Gasteiger partial charge in [0, 0.05) is 19.5 Å². The molecular formula is C20H21F3N6O2. The number of nitrogen functional groups attached to an aromatic ring is 1. The molecule has 1 aromatic heterocycles. The zero-order chi connectivity index (χ0) is 22.2. The van der Waals surface area contributed by atoms with Crippen molar-refractivity contribution in [1.82, 2.24) is 9.97 Å². The van der Waals surface area contributed by atoms with Crippen LogP contribution in [0.5, 0.6) is 0 Å². The first-order chi connectivity index (χ1) is 14.7. The summed E-state index contributed by atoms with van der Waals surface area (Å²) in [7, 11) is 0. The van der Waals surface area contributed by atoms with Gasteiger partial charge in [0.15, 0.2) is 0 Å². The third-order valence-corrected chi connectivity index (χ3v) is 5.40. The minimum atomic E-state index is -4.64. The first-order valence-corrected chi connectivity index (χ1v) is 9.93. The molecule has 2 aliphatic heterocycles. The Morgan fingerprint density at radius 3 is 2.58 bits per heavy atom. The van der Waals surface area contributed by atoms with E-state index >= 15 is 0 Å². The highest BCUT2D eigenvalue weighted by Crippen LogP contribution is 2.39. The summed E-state index contributed by atoms with van der Waals surface area (Å²) in [4.78, 5) is 35.8. The van der Waals surface area contributed by atoms with E-state index in [1.54, 1.807) is 0 Å². The molecule has 0 bridgehead atoms. The Labute approximate surface area is 176 Å². The smallest absolute Gasteiger partial charge is 0.383 e. The van der Waals surface area contributed by atoms with Crippen LogP contribution in [-0.2, 0) is 15.8 Å². The molecule has 4 rings (SSSR count). The number of carbonyl (C=O) groups excluding carboxylic acids is 2. The number of nitrogens with one attached hydrogen (secondary N) is 2. The van der Waals surface area contributed by atoms with Gasteiger partial charge in [-0.25, -0.2) is 0 Å². The number of hydrogen-bond acceptors (Lipinski definition) is 6. The summed E-state index contributed by atoms with van der Waals surface area (Å²) in [5.41, 5.74) is 4.97. The van der Waals surface area contributed by atoms with E-state index in [9.17, 15) is 22.8 Å². The van der Waals surface area contributed by atoms with Crippen LogP contribution in [0.25, 0.3) is 0 Å². The third kappa shape index (κ3) is 4.25. The molecule has 0 saturated carbocycles. The standard InChI is InChI=1S/C20H21F3N6O2/c21-20(22,23)12-6-2-3-7-13(12)25-18(31)11-10-14(30)26-17-15(11)16(24)27-19(28-17)29-8-4-1-5-9-29/h2-3,6-7,11H,1,4-5,8-10H2,(H,25,31)(H3,24,26,27,28,30). The largest absolute Gasteiger partial charge is 0.418 e. The van der Waals surface area contributed by atoms with Crippen LogP contribution >= 0.6 is 0 Å². The first kappa shape index (κ1) is 20.9. The van der Waals surface area contributed by atoms with Gasteiger partial charge in [0.1, 0.15) is 11.6 Å². The van der Waals surface area contributed by atoms with Crippen molar-refractivity contribution in [2.45, 2.75) is 37.8 Å². The highest BCUT2D eigenvalue weighted by atomic mass is 19.4. The fourth-order valence-electron chi connectivity index (χ4n) is 3.90. The van der Waals surface area contributed by atoms with Gasteiger partial charge in [-0.2, -0.15) is 23.1 Å². The molecule has 2 aromatic rings. The fraction of sp³-hybridized carbons (Fsp3) is 0.400. The topological polar surface area (TPSA) is 113 Å². The van der Waals surface area contributed by atoms with Gasteiger partial charge < -0.3 is 21.3 Å². The molecular weight excluding hydrogens is 413 g/mol. The Morgan fingerprint density at radius 1 is 1.16 bits per heavy atom. The fourth-order valence-corrected chi connectivity index (χ4v) is 3.90. The number of aromatic nitrogens is 2. The monoisotopic (exact) mass is 434 g/mol. The SMILES string of the molecule is Nc1nc(N2CCCCC2)nc2c1C(C(=O)Nc1ccccc1C(F)(F)F)CC(=O)N2. The Balaban J connectivity index is 1.65. The Morgan fingerprint density at radius 2 is 1.87 bits per heavy atom. The van der Waals surface area contributed by atoms with Crippen molar-refractivity contribution in [2.75, 3.05) is 34.4 Å². The lowest BCUT2D eigenvalue weighted by molar-refractivity contribution is -0.137. The molecule has 1 saturated heterocycles. The molecule has 1 unspecified atom stereocenters.